The van der Waals surface area contributed by atoms with Crippen LogP contribution < -0.4 is 10.6 Å². The van der Waals surface area contributed by atoms with Crippen LogP contribution in [0.15, 0.2) is 6.07 Å². The first-order valence-corrected chi connectivity index (χ1v) is 7.46. The molecule has 0 amide bonds. The Kier molecular flexibility index (Phi) is 7.97. The fraction of sp³-hybridized carbons (Fsp3) is 0.667. The highest BCUT2D eigenvalue weighted by molar-refractivity contribution is 5.47. The van der Waals surface area contributed by atoms with Crippen molar-refractivity contribution in [1.29, 1.82) is 0 Å². The number of nitrogens with one attached hydrogen (secondary N) is 2. The third kappa shape index (κ3) is 6.71. The van der Waals surface area contributed by atoms with Crippen molar-refractivity contribution in [2.24, 2.45) is 5.92 Å². The Morgan fingerprint density at radius 2 is 1.71 bits per heavy atom. The fourth-order valence-electron chi connectivity index (χ4n) is 1.62. The molecule has 0 aliphatic rings. The lowest BCUT2D eigenvalue weighted by atomic mass is 10.1. The Hall–Kier alpha value is -1.43. The van der Waals surface area contributed by atoms with Crippen LogP contribution in [0.2, 0.25) is 0 Å². The van der Waals surface area contributed by atoms with Gasteiger partial charge >= 0.3 is 0 Å². The molecular weight excluding hydrogens is 276 g/mol. The molecule has 1 heterocycles. The zero-order valence-electron chi connectivity index (χ0n) is 13.0. The van der Waals surface area contributed by atoms with Gasteiger partial charge in [-0.15, -0.1) is 0 Å². The van der Waals surface area contributed by atoms with Gasteiger partial charge in [0, 0.05) is 25.8 Å². The number of aromatic nitrogens is 1. The lowest BCUT2D eigenvalue weighted by molar-refractivity contribution is 0.132. The molecule has 6 heteroatoms. The van der Waals surface area contributed by atoms with E-state index < -0.39 is 11.6 Å². The molecule has 1 rings (SSSR count). The smallest absolute Gasteiger partial charge is 0.168 e. The van der Waals surface area contributed by atoms with Crippen molar-refractivity contribution < 1.29 is 13.5 Å². The maximum absolute atomic E-state index is 13.6. The van der Waals surface area contributed by atoms with Crippen LogP contribution in [0.3, 0.4) is 0 Å². The van der Waals surface area contributed by atoms with E-state index in [-0.39, 0.29) is 11.6 Å². The van der Waals surface area contributed by atoms with Gasteiger partial charge < -0.3 is 15.4 Å². The summed E-state index contributed by atoms with van der Waals surface area (Å²) < 4.78 is 32.5. The maximum atomic E-state index is 13.6. The number of anilines is 2. The summed E-state index contributed by atoms with van der Waals surface area (Å²) >= 11 is 0. The van der Waals surface area contributed by atoms with Crippen LogP contribution in [0.4, 0.5) is 20.4 Å². The normalized spacial score (nSPS) is 11.0. The molecule has 0 saturated heterocycles. The van der Waals surface area contributed by atoms with E-state index >= 15 is 0 Å². The van der Waals surface area contributed by atoms with E-state index in [0.29, 0.717) is 32.2 Å². The van der Waals surface area contributed by atoms with E-state index in [4.69, 9.17) is 4.74 Å². The molecular formula is C15H25F2N3O. The largest absolute Gasteiger partial charge is 0.380 e. The molecule has 120 valence electrons. The van der Waals surface area contributed by atoms with Crippen molar-refractivity contribution in [3.8, 4) is 0 Å². The van der Waals surface area contributed by atoms with Gasteiger partial charge in [-0.3, -0.25) is 0 Å². The van der Waals surface area contributed by atoms with Crippen LogP contribution in [0, 0.1) is 17.6 Å². The summed E-state index contributed by atoms with van der Waals surface area (Å²) in [6.07, 6.45) is 1.83. The monoisotopic (exact) mass is 301 g/mol. The zero-order valence-corrected chi connectivity index (χ0v) is 13.0. The summed E-state index contributed by atoms with van der Waals surface area (Å²) in [6.45, 7) is 8.38. The van der Waals surface area contributed by atoms with Crippen LogP contribution >= 0.6 is 0 Å². The predicted octanol–water partition coefficient (Wildman–Crippen LogP) is 3.66. The van der Waals surface area contributed by atoms with E-state index in [1.807, 2.05) is 6.92 Å². The van der Waals surface area contributed by atoms with Crippen LogP contribution in [0.1, 0.15) is 33.6 Å². The molecule has 0 saturated carbocycles. The number of nitrogens with zero attached hydrogens (tertiary/aromatic N) is 1. The van der Waals surface area contributed by atoms with Gasteiger partial charge in [0.25, 0.3) is 0 Å². The first-order valence-electron chi connectivity index (χ1n) is 7.46. The minimum absolute atomic E-state index is 0.0439. The number of rotatable bonds is 10. The van der Waals surface area contributed by atoms with E-state index in [2.05, 4.69) is 29.5 Å². The molecule has 21 heavy (non-hydrogen) atoms. The highest BCUT2D eigenvalue weighted by Gasteiger charge is 2.11. The Labute approximate surface area is 125 Å². The average molecular weight is 301 g/mol. The molecule has 0 spiro atoms. The topological polar surface area (TPSA) is 46.2 Å². The zero-order chi connectivity index (χ0) is 15.7. The van der Waals surface area contributed by atoms with Gasteiger partial charge in [0.2, 0.25) is 0 Å². The SMILES string of the molecule is CCCNc1nc(NCCOCCC(C)C)c(F)cc1F. The van der Waals surface area contributed by atoms with E-state index in [1.54, 1.807) is 0 Å². The Balaban J connectivity index is 2.43. The van der Waals surface area contributed by atoms with Gasteiger partial charge in [-0.1, -0.05) is 20.8 Å². The van der Waals surface area contributed by atoms with Crippen LogP contribution in [0.25, 0.3) is 0 Å². The molecule has 4 nitrogen and oxygen atoms in total. The average Bonchev–Trinajstić information content (AvgIpc) is 2.43. The quantitative estimate of drug-likeness (QED) is 0.648. The van der Waals surface area contributed by atoms with Gasteiger partial charge in [0.05, 0.1) is 6.61 Å². The molecule has 0 fully saturated rings. The summed E-state index contributed by atoms with van der Waals surface area (Å²) in [5, 5.41) is 5.66. The highest BCUT2D eigenvalue weighted by Crippen LogP contribution is 2.18. The molecule has 0 radical (unpaired) electrons. The Morgan fingerprint density at radius 1 is 1.10 bits per heavy atom. The minimum atomic E-state index is -0.697. The Morgan fingerprint density at radius 3 is 2.29 bits per heavy atom. The number of halogens is 2. The van der Waals surface area contributed by atoms with Gasteiger partial charge in [-0.2, -0.15) is 0 Å². The fourth-order valence-corrected chi connectivity index (χ4v) is 1.62. The van der Waals surface area contributed by atoms with E-state index in [0.717, 1.165) is 18.9 Å². The lowest BCUT2D eigenvalue weighted by Crippen LogP contribution is -2.14. The molecule has 0 atom stereocenters. The maximum Gasteiger partial charge on any atom is 0.168 e. The number of ether oxygens (including phenoxy) is 1. The van der Waals surface area contributed by atoms with Gasteiger partial charge in [-0.25, -0.2) is 13.8 Å². The van der Waals surface area contributed by atoms with Crippen molar-refractivity contribution in [3.63, 3.8) is 0 Å². The summed E-state index contributed by atoms with van der Waals surface area (Å²) in [5.74, 6) is -0.665. The third-order valence-electron chi connectivity index (χ3n) is 2.85. The van der Waals surface area contributed by atoms with Gasteiger partial charge in [0.15, 0.2) is 23.3 Å². The second kappa shape index (κ2) is 9.50. The first kappa shape index (κ1) is 17.6. The minimum Gasteiger partial charge on any atom is -0.380 e. The molecule has 1 aromatic heterocycles. The molecule has 0 aliphatic heterocycles. The standard InChI is InChI=1S/C15H25F2N3O/c1-4-6-18-14-12(16)10-13(17)15(20-14)19-7-9-21-8-5-11(2)3/h10-11H,4-9H2,1-3H3,(H2,18,19,20). The first-order chi connectivity index (χ1) is 10.0. The van der Waals surface area contributed by atoms with E-state index in [1.165, 1.54) is 0 Å². The summed E-state index contributed by atoms with van der Waals surface area (Å²) in [5.41, 5.74) is 0. The summed E-state index contributed by atoms with van der Waals surface area (Å²) in [6, 6.07) is 0.840. The van der Waals surface area contributed by atoms with Crippen molar-refractivity contribution in [1.82, 2.24) is 4.98 Å². The predicted molar refractivity (Wildman–Crippen MR) is 81.7 cm³/mol. The summed E-state index contributed by atoms with van der Waals surface area (Å²) in [4.78, 5) is 3.93. The molecule has 0 aromatic carbocycles. The molecule has 2 N–H and O–H groups in total. The lowest BCUT2D eigenvalue weighted by Gasteiger charge is -2.11. The van der Waals surface area contributed by atoms with Crippen molar-refractivity contribution in [2.75, 3.05) is 36.9 Å². The second-order valence-corrected chi connectivity index (χ2v) is 5.30. The highest BCUT2D eigenvalue weighted by atomic mass is 19.1. The van der Waals surface area contributed by atoms with Crippen molar-refractivity contribution in [2.45, 2.75) is 33.6 Å². The number of pyridine rings is 1. The van der Waals surface area contributed by atoms with Gasteiger partial charge in [0.1, 0.15) is 0 Å². The van der Waals surface area contributed by atoms with Crippen molar-refractivity contribution in [3.05, 3.63) is 17.7 Å². The summed E-state index contributed by atoms with van der Waals surface area (Å²) in [7, 11) is 0. The van der Waals surface area contributed by atoms with Crippen LogP contribution in [-0.2, 0) is 4.74 Å². The third-order valence-corrected chi connectivity index (χ3v) is 2.85. The molecule has 0 unspecified atom stereocenters. The van der Waals surface area contributed by atoms with Crippen molar-refractivity contribution >= 4 is 11.6 Å². The van der Waals surface area contributed by atoms with E-state index in [9.17, 15) is 8.78 Å². The van der Waals surface area contributed by atoms with Crippen LogP contribution in [-0.4, -0.2) is 31.3 Å². The van der Waals surface area contributed by atoms with Crippen LogP contribution in [0.5, 0.6) is 0 Å². The number of hydrogen-bond acceptors (Lipinski definition) is 4. The van der Waals surface area contributed by atoms with Gasteiger partial charge in [-0.05, 0) is 18.8 Å². The Bertz CT molecular complexity index is 428. The molecule has 1 aromatic rings. The molecule has 0 aliphatic carbocycles. The number of hydrogen-bond donors (Lipinski definition) is 2. The molecule has 0 bridgehead atoms. The second-order valence-electron chi connectivity index (χ2n) is 5.30.